The summed E-state index contributed by atoms with van der Waals surface area (Å²) in [7, 11) is -3.97. The van der Waals surface area contributed by atoms with E-state index >= 15 is 0 Å². The van der Waals surface area contributed by atoms with Gasteiger partial charge in [-0.1, -0.05) is 78.4 Å². The highest BCUT2D eigenvalue weighted by Gasteiger charge is 2.48. The van der Waals surface area contributed by atoms with E-state index < -0.39 is 20.8 Å². The summed E-state index contributed by atoms with van der Waals surface area (Å²) >= 11 is 0. The van der Waals surface area contributed by atoms with E-state index in [9.17, 15) is 8.42 Å². The Morgan fingerprint density at radius 2 is 1.31 bits per heavy atom. The lowest BCUT2D eigenvalue weighted by Gasteiger charge is -2.35. The first kappa shape index (κ1) is 18.3. The van der Waals surface area contributed by atoms with E-state index in [1.54, 1.807) is 60.7 Å². The van der Waals surface area contributed by atoms with Crippen LogP contribution < -0.4 is 11.5 Å². The summed E-state index contributed by atoms with van der Waals surface area (Å²) in [6.45, 7) is 1.90. The molecule has 0 fully saturated rings. The Hall–Kier alpha value is -2.47. The number of rotatable bonds is 5. The minimum Gasteiger partial charge on any atom is -0.321 e. The Balaban J connectivity index is 2.23. The molecule has 0 spiro atoms. The molecule has 4 nitrogen and oxygen atoms in total. The Morgan fingerprint density at radius 3 is 1.85 bits per heavy atom. The minimum absolute atomic E-state index is 0.154. The molecule has 0 aliphatic carbocycles. The summed E-state index contributed by atoms with van der Waals surface area (Å²) in [5.74, 6) is 0. The van der Waals surface area contributed by atoms with Gasteiger partial charge >= 0.3 is 0 Å². The highest BCUT2D eigenvalue weighted by atomic mass is 32.2. The second-order valence-corrected chi connectivity index (χ2v) is 8.52. The number of aryl methyl sites for hydroxylation is 1. The van der Waals surface area contributed by atoms with E-state index in [1.165, 1.54) is 0 Å². The molecular formula is C21H22N2O2S. The van der Waals surface area contributed by atoms with Crippen molar-refractivity contribution >= 4 is 9.84 Å². The van der Waals surface area contributed by atoms with Crippen LogP contribution in [0.15, 0.2) is 89.8 Å². The van der Waals surface area contributed by atoms with Crippen LogP contribution >= 0.6 is 0 Å². The Morgan fingerprint density at radius 1 is 0.808 bits per heavy atom. The highest BCUT2D eigenvalue weighted by Crippen LogP contribution is 2.39. The third kappa shape index (κ3) is 3.05. The van der Waals surface area contributed by atoms with Gasteiger partial charge in [-0.3, -0.25) is 0 Å². The predicted octanol–water partition coefficient (Wildman–Crippen LogP) is 3.28. The summed E-state index contributed by atoms with van der Waals surface area (Å²) in [6.07, 6.45) is 0. The molecule has 0 heterocycles. The fraction of sp³-hybridized carbons (Fsp3) is 0.143. The van der Waals surface area contributed by atoms with Crippen LogP contribution in [0, 0.1) is 6.92 Å². The molecule has 0 amide bonds. The van der Waals surface area contributed by atoms with E-state index in [0.717, 1.165) is 5.56 Å². The summed E-state index contributed by atoms with van der Waals surface area (Å²) in [5.41, 5.74) is 15.2. The highest BCUT2D eigenvalue weighted by molar-refractivity contribution is 7.92. The van der Waals surface area contributed by atoms with E-state index in [1.807, 2.05) is 31.2 Å². The summed E-state index contributed by atoms with van der Waals surface area (Å²) in [4.78, 5) is -1.65. The maximum Gasteiger partial charge on any atom is 0.203 e. The predicted molar refractivity (Wildman–Crippen MR) is 104 cm³/mol. The first-order valence-corrected chi connectivity index (χ1v) is 9.82. The molecule has 2 atom stereocenters. The zero-order valence-electron chi connectivity index (χ0n) is 14.5. The van der Waals surface area contributed by atoms with E-state index in [0.29, 0.717) is 11.1 Å². The molecular weight excluding hydrogens is 344 g/mol. The minimum atomic E-state index is -3.97. The first-order valence-electron chi connectivity index (χ1n) is 8.33. The van der Waals surface area contributed by atoms with Crippen LogP contribution in [0.2, 0.25) is 0 Å². The average molecular weight is 366 g/mol. The lowest BCUT2D eigenvalue weighted by atomic mass is 9.94. The monoisotopic (exact) mass is 366 g/mol. The molecule has 0 aliphatic rings. The number of benzene rings is 3. The van der Waals surface area contributed by atoms with Gasteiger partial charge in [0.15, 0.2) is 4.87 Å². The van der Waals surface area contributed by atoms with Gasteiger partial charge in [0, 0.05) is 0 Å². The molecule has 5 heteroatoms. The van der Waals surface area contributed by atoms with Gasteiger partial charge in [0.25, 0.3) is 0 Å². The van der Waals surface area contributed by atoms with Gasteiger partial charge in [-0.15, -0.1) is 0 Å². The number of sulfone groups is 1. The average Bonchev–Trinajstić information content (AvgIpc) is 2.68. The maximum absolute atomic E-state index is 13.6. The molecule has 3 aromatic rings. The third-order valence-corrected chi connectivity index (χ3v) is 6.89. The number of hydrogen-bond acceptors (Lipinski definition) is 4. The SMILES string of the molecule is Cc1ccc(S(=O)(=O)C(N)(c2ccccc2)C(N)c2ccccc2)cc1. The molecule has 0 aliphatic heterocycles. The third-order valence-electron chi connectivity index (χ3n) is 4.62. The Bertz CT molecular complexity index is 972. The van der Waals surface area contributed by atoms with Gasteiger partial charge in [-0.2, -0.15) is 0 Å². The van der Waals surface area contributed by atoms with Crippen LogP contribution in [0.3, 0.4) is 0 Å². The van der Waals surface area contributed by atoms with Crippen molar-refractivity contribution in [1.82, 2.24) is 0 Å². The lowest BCUT2D eigenvalue weighted by molar-refractivity contribution is 0.461. The molecule has 0 aromatic heterocycles. The molecule has 2 unspecified atom stereocenters. The fourth-order valence-electron chi connectivity index (χ4n) is 3.02. The largest absolute Gasteiger partial charge is 0.321 e. The topological polar surface area (TPSA) is 86.2 Å². The number of hydrogen-bond donors (Lipinski definition) is 2. The maximum atomic E-state index is 13.6. The van der Waals surface area contributed by atoms with Crippen LogP contribution in [-0.4, -0.2) is 8.42 Å². The van der Waals surface area contributed by atoms with Crippen LogP contribution in [-0.2, 0) is 14.7 Å². The quantitative estimate of drug-likeness (QED) is 0.725. The van der Waals surface area contributed by atoms with Gasteiger partial charge in [0.2, 0.25) is 9.84 Å². The molecule has 0 saturated heterocycles. The van der Waals surface area contributed by atoms with Crippen molar-refractivity contribution in [3.05, 3.63) is 102 Å². The van der Waals surface area contributed by atoms with Crippen LogP contribution in [0.5, 0.6) is 0 Å². The van der Waals surface area contributed by atoms with Crippen molar-refractivity contribution in [3.63, 3.8) is 0 Å². The fourth-order valence-corrected chi connectivity index (χ4v) is 4.82. The van der Waals surface area contributed by atoms with Crippen LogP contribution in [0.1, 0.15) is 22.7 Å². The van der Waals surface area contributed by atoms with Gasteiger partial charge < -0.3 is 11.5 Å². The molecule has 4 N–H and O–H groups in total. The zero-order chi connectivity index (χ0) is 18.8. The van der Waals surface area contributed by atoms with Gasteiger partial charge in [0.1, 0.15) is 0 Å². The van der Waals surface area contributed by atoms with Gasteiger partial charge in [-0.25, -0.2) is 8.42 Å². The molecule has 26 heavy (non-hydrogen) atoms. The van der Waals surface area contributed by atoms with Crippen LogP contribution in [0.25, 0.3) is 0 Å². The van der Waals surface area contributed by atoms with E-state index in [2.05, 4.69) is 0 Å². The Labute approximate surface area is 154 Å². The lowest BCUT2D eigenvalue weighted by Crippen LogP contribution is -2.52. The molecule has 0 saturated carbocycles. The van der Waals surface area contributed by atoms with E-state index in [-0.39, 0.29) is 4.90 Å². The number of nitrogens with two attached hydrogens (primary N) is 2. The second kappa shape index (κ2) is 7.03. The summed E-state index contributed by atoms with van der Waals surface area (Å²) in [5, 5.41) is 0. The van der Waals surface area contributed by atoms with Gasteiger partial charge in [0.05, 0.1) is 10.9 Å². The molecule has 0 bridgehead atoms. The summed E-state index contributed by atoms with van der Waals surface area (Å²) < 4.78 is 27.2. The molecule has 3 aromatic carbocycles. The Kier molecular flexibility index (Phi) is 4.96. The normalized spacial score (nSPS) is 15.2. The zero-order valence-corrected chi connectivity index (χ0v) is 15.4. The van der Waals surface area contributed by atoms with Gasteiger partial charge in [-0.05, 0) is 30.2 Å². The summed E-state index contributed by atoms with van der Waals surface area (Å²) in [6, 6.07) is 23.6. The molecule has 3 rings (SSSR count). The van der Waals surface area contributed by atoms with Crippen molar-refractivity contribution in [3.8, 4) is 0 Å². The van der Waals surface area contributed by atoms with Crippen molar-refractivity contribution in [2.75, 3.05) is 0 Å². The van der Waals surface area contributed by atoms with E-state index in [4.69, 9.17) is 11.5 Å². The molecule has 134 valence electrons. The van der Waals surface area contributed by atoms with Crippen molar-refractivity contribution < 1.29 is 8.42 Å². The standard InChI is InChI=1S/C21H22N2O2S/c1-16-12-14-19(15-13-16)26(24,25)21(23,18-10-6-3-7-11-18)20(22)17-8-4-2-5-9-17/h2-15,20H,22-23H2,1H3. The van der Waals surface area contributed by atoms with Crippen molar-refractivity contribution in [2.24, 2.45) is 11.5 Å². The first-order chi connectivity index (χ1) is 12.4. The second-order valence-electron chi connectivity index (χ2n) is 6.36. The molecule has 0 radical (unpaired) electrons. The van der Waals surface area contributed by atoms with Crippen LogP contribution in [0.4, 0.5) is 0 Å². The van der Waals surface area contributed by atoms with Crippen molar-refractivity contribution in [2.45, 2.75) is 22.7 Å². The van der Waals surface area contributed by atoms with Crippen molar-refractivity contribution in [1.29, 1.82) is 0 Å². The smallest absolute Gasteiger partial charge is 0.203 e.